The van der Waals surface area contributed by atoms with Crippen LogP contribution < -0.4 is 10.7 Å². The van der Waals surface area contributed by atoms with Crippen molar-refractivity contribution in [3.05, 3.63) is 76.2 Å². The number of anilines is 1. The number of nitrogens with one attached hydrogen (secondary N) is 1. The predicted molar refractivity (Wildman–Crippen MR) is 109 cm³/mol. The van der Waals surface area contributed by atoms with Crippen LogP contribution in [-0.4, -0.2) is 10.9 Å². The molecule has 6 heteroatoms. The summed E-state index contributed by atoms with van der Waals surface area (Å²) in [5.41, 5.74) is 2.75. The molecule has 0 aliphatic carbocycles. The molecule has 0 unspecified atom stereocenters. The third-order valence-electron chi connectivity index (χ3n) is 4.21. The van der Waals surface area contributed by atoms with Crippen LogP contribution in [0.4, 0.5) is 5.13 Å². The zero-order valence-electron chi connectivity index (χ0n) is 14.6. The van der Waals surface area contributed by atoms with E-state index in [1.54, 1.807) is 24.3 Å². The topological polar surface area (TPSA) is 72.2 Å². The number of rotatable bonds is 4. The minimum absolute atomic E-state index is 0.173. The standard InChI is InChI=1S/C21H16N2O3S/c1-2-13-7-9-16-18(11-13)27-21(22-16)23-19(24)10-8-14-12-26-17-6-4-3-5-15(17)20(14)25/h3-12H,2H2,1H3,(H,22,23,24)/b10-8+. The molecule has 1 amide bonds. The SMILES string of the molecule is CCc1ccc2nc(NC(=O)/C=C/c3coc4ccccc4c3=O)sc2c1. The van der Waals surface area contributed by atoms with Crippen molar-refractivity contribution in [3.8, 4) is 0 Å². The van der Waals surface area contributed by atoms with Crippen molar-refractivity contribution in [3.63, 3.8) is 0 Å². The minimum Gasteiger partial charge on any atom is -0.463 e. The number of carbonyl (C=O) groups is 1. The van der Waals surface area contributed by atoms with Crippen LogP contribution in [0.15, 0.2) is 64.0 Å². The quantitative estimate of drug-likeness (QED) is 0.528. The van der Waals surface area contributed by atoms with Gasteiger partial charge in [0.1, 0.15) is 11.8 Å². The molecule has 0 aliphatic heterocycles. The maximum absolute atomic E-state index is 12.4. The van der Waals surface area contributed by atoms with E-state index in [-0.39, 0.29) is 11.3 Å². The number of hydrogen-bond acceptors (Lipinski definition) is 5. The number of hydrogen-bond donors (Lipinski definition) is 1. The fourth-order valence-electron chi connectivity index (χ4n) is 2.76. The highest BCUT2D eigenvalue weighted by atomic mass is 32.1. The van der Waals surface area contributed by atoms with Crippen LogP contribution in [0, 0.1) is 0 Å². The molecule has 0 aliphatic rings. The molecule has 0 bridgehead atoms. The molecule has 0 saturated heterocycles. The summed E-state index contributed by atoms with van der Waals surface area (Å²) in [5.74, 6) is -0.350. The van der Waals surface area contributed by atoms with Gasteiger partial charge in [-0.05, 0) is 42.3 Å². The molecule has 1 N–H and O–H groups in total. The van der Waals surface area contributed by atoms with Crippen LogP contribution in [-0.2, 0) is 11.2 Å². The van der Waals surface area contributed by atoms with Crippen LogP contribution in [0.25, 0.3) is 27.3 Å². The van der Waals surface area contributed by atoms with E-state index >= 15 is 0 Å². The Bertz CT molecular complexity index is 1240. The molecule has 134 valence electrons. The van der Waals surface area contributed by atoms with E-state index in [4.69, 9.17) is 4.42 Å². The van der Waals surface area contributed by atoms with Gasteiger partial charge in [0, 0.05) is 6.08 Å². The fourth-order valence-corrected chi connectivity index (χ4v) is 3.70. The number of para-hydroxylation sites is 1. The monoisotopic (exact) mass is 376 g/mol. The number of thiazole rings is 1. The molecule has 0 radical (unpaired) electrons. The Hall–Kier alpha value is -3.25. The Morgan fingerprint density at radius 2 is 2.11 bits per heavy atom. The van der Waals surface area contributed by atoms with E-state index in [9.17, 15) is 9.59 Å². The summed E-state index contributed by atoms with van der Waals surface area (Å²) in [5, 5.41) is 3.76. The highest BCUT2D eigenvalue weighted by Gasteiger charge is 2.08. The fraction of sp³-hybridized carbons (Fsp3) is 0.0952. The Labute approximate surface area is 159 Å². The Morgan fingerprint density at radius 3 is 2.96 bits per heavy atom. The van der Waals surface area contributed by atoms with Gasteiger partial charge in [0.25, 0.3) is 0 Å². The molecular formula is C21H16N2O3S. The third kappa shape index (κ3) is 3.52. The van der Waals surface area contributed by atoms with Gasteiger partial charge in [0.15, 0.2) is 10.6 Å². The average molecular weight is 376 g/mol. The maximum Gasteiger partial charge on any atom is 0.250 e. The summed E-state index contributed by atoms with van der Waals surface area (Å²) >= 11 is 1.42. The zero-order chi connectivity index (χ0) is 18.8. The number of benzene rings is 2. The molecule has 0 fully saturated rings. The predicted octanol–water partition coefficient (Wildman–Crippen LogP) is 4.62. The second kappa shape index (κ2) is 7.17. The first-order valence-electron chi connectivity index (χ1n) is 8.53. The lowest BCUT2D eigenvalue weighted by atomic mass is 10.1. The molecule has 2 aromatic heterocycles. The number of nitrogens with zero attached hydrogens (tertiary/aromatic N) is 1. The lowest BCUT2D eigenvalue weighted by molar-refractivity contribution is -0.111. The summed E-state index contributed by atoms with van der Waals surface area (Å²) in [6.07, 6.45) is 5.08. The molecule has 0 saturated carbocycles. The van der Waals surface area contributed by atoms with Gasteiger partial charge >= 0.3 is 0 Å². The van der Waals surface area contributed by atoms with Crippen LogP contribution in [0.1, 0.15) is 18.1 Å². The molecule has 4 aromatic rings. The van der Waals surface area contributed by atoms with Gasteiger partial charge in [0.05, 0.1) is 21.2 Å². The van der Waals surface area contributed by atoms with Crippen molar-refractivity contribution in [1.29, 1.82) is 0 Å². The highest BCUT2D eigenvalue weighted by molar-refractivity contribution is 7.22. The first-order valence-corrected chi connectivity index (χ1v) is 9.35. The summed E-state index contributed by atoms with van der Waals surface area (Å²) in [6, 6.07) is 13.1. The smallest absolute Gasteiger partial charge is 0.250 e. The Kier molecular flexibility index (Phi) is 4.56. The number of aromatic nitrogens is 1. The first kappa shape index (κ1) is 17.2. The molecule has 0 spiro atoms. The van der Waals surface area contributed by atoms with Crippen LogP contribution >= 0.6 is 11.3 Å². The Morgan fingerprint density at radius 1 is 1.26 bits per heavy atom. The summed E-state index contributed by atoms with van der Waals surface area (Å²) in [6.45, 7) is 2.10. The van der Waals surface area contributed by atoms with Gasteiger partial charge in [-0.25, -0.2) is 4.98 Å². The lowest BCUT2D eigenvalue weighted by Gasteiger charge is -1.98. The van der Waals surface area contributed by atoms with Crippen molar-refractivity contribution < 1.29 is 9.21 Å². The van der Waals surface area contributed by atoms with E-state index in [1.165, 1.54) is 35.3 Å². The van der Waals surface area contributed by atoms with Gasteiger partial charge < -0.3 is 4.42 Å². The number of amides is 1. The van der Waals surface area contributed by atoms with E-state index in [0.717, 1.165) is 16.6 Å². The molecule has 27 heavy (non-hydrogen) atoms. The van der Waals surface area contributed by atoms with Crippen molar-refractivity contribution in [1.82, 2.24) is 4.98 Å². The van der Waals surface area contributed by atoms with E-state index in [0.29, 0.717) is 21.7 Å². The van der Waals surface area contributed by atoms with E-state index in [2.05, 4.69) is 23.3 Å². The summed E-state index contributed by atoms with van der Waals surface area (Å²) in [4.78, 5) is 29.0. The van der Waals surface area contributed by atoms with Crippen LogP contribution in [0.5, 0.6) is 0 Å². The molecule has 0 atom stereocenters. The first-order chi connectivity index (χ1) is 13.1. The van der Waals surface area contributed by atoms with Gasteiger partial charge in [0.2, 0.25) is 5.91 Å². The van der Waals surface area contributed by atoms with Gasteiger partial charge in [-0.15, -0.1) is 0 Å². The van der Waals surface area contributed by atoms with Crippen molar-refractivity contribution in [2.24, 2.45) is 0 Å². The molecule has 2 heterocycles. The van der Waals surface area contributed by atoms with E-state index < -0.39 is 0 Å². The molecule has 4 rings (SSSR count). The molecular weight excluding hydrogens is 360 g/mol. The van der Waals surface area contributed by atoms with Gasteiger partial charge in [-0.1, -0.05) is 36.5 Å². The summed E-state index contributed by atoms with van der Waals surface area (Å²) < 4.78 is 6.47. The second-order valence-electron chi connectivity index (χ2n) is 6.01. The van der Waals surface area contributed by atoms with E-state index in [1.807, 2.05) is 12.1 Å². The highest BCUT2D eigenvalue weighted by Crippen LogP contribution is 2.27. The third-order valence-corrected chi connectivity index (χ3v) is 5.15. The normalized spacial score (nSPS) is 11.4. The molecule has 5 nitrogen and oxygen atoms in total. The van der Waals surface area contributed by atoms with Crippen molar-refractivity contribution >= 4 is 49.6 Å². The average Bonchev–Trinajstić information content (AvgIpc) is 3.08. The number of carbonyl (C=O) groups excluding carboxylic acids is 1. The molecule has 2 aromatic carbocycles. The second-order valence-corrected chi connectivity index (χ2v) is 7.04. The largest absolute Gasteiger partial charge is 0.463 e. The van der Waals surface area contributed by atoms with Gasteiger partial charge in [-0.2, -0.15) is 0 Å². The maximum atomic E-state index is 12.4. The van der Waals surface area contributed by atoms with Gasteiger partial charge in [-0.3, -0.25) is 14.9 Å². The lowest BCUT2D eigenvalue weighted by Crippen LogP contribution is -2.09. The van der Waals surface area contributed by atoms with Crippen LogP contribution in [0.3, 0.4) is 0 Å². The van der Waals surface area contributed by atoms with Crippen molar-refractivity contribution in [2.75, 3.05) is 5.32 Å². The van der Waals surface area contributed by atoms with Crippen LogP contribution in [0.2, 0.25) is 0 Å². The Balaban J connectivity index is 1.54. The zero-order valence-corrected chi connectivity index (χ0v) is 15.4. The minimum atomic E-state index is -0.350. The number of fused-ring (bicyclic) bond motifs is 2. The number of aryl methyl sites for hydroxylation is 1. The van der Waals surface area contributed by atoms with Crippen molar-refractivity contribution in [2.45, 2.75) is 13.3 Å². The summed E-state index contributed by atoms with van der Waals surface area (Å²) in [7, 11) is 0.